The minimum absolute atomic E-state index is 0.386. The monoisotopic (exact) mass is 222 g/mol. The third kappa shape index (κ3) is 2.08. The van der Waals surface area contributed by atoms with E-state index in [0.717, 1.165) is 5.56 Å². The van der Waals surface area contributed by atoms with Crippen LogP contribution in [-0.4, -0.2) is 25.5 Å². The van der Waals surface area contributed by atoms with Crippen molar-refractivity contribution < 1.29 is 19.0 Å². The molecule has 0 aliphatic carbocycles. The summed E-state index contributed by atoms with van der Waals surface area (Å²) in [5.41, 5.74) is 0.919. The van der Waals surface area contributed by atoms with Gasteiger partial charge in [0, 0.05) is 0 Å². The minimum atomic E-state index is -0.678. The van der Waals surface area contributed by atoms with E-state index in [1.54, 1.807) is 6.92 Å². The Hall–Kier alpha value is -1.39. The highest BCUT2D eigenvalue weighted by molar-refractivity contribution is 5.76. The van der Waals surface area contributed by atoms with E-state index in [2.05, 4.69) is 0 Å². The third-order valence-corrected chi connectivity index (χ3v) is 2.51. The molecule has 0 radical (unpaired) electrons. The van der Waals surface area contributed by atoms with Gasteiger partial charge in [-0.3, -0.25) is 0 Å². The Labute approximate surface area is 94.1 Å². The molecule has 1 saturated heterocycles. The Morgan fingerprint density at radius 2 is 1.94 bits per heavy atom. The molecule has 86 valence electrons. The Morgan fingerprint density at radius 3 is 2.56 bits per heavy atom. The lowest BCUT2D eigenvalue weighted by molar-refractivity contribution is -0.153. The van der Waals surface area contributed by atoms with Gasteiger partial charge in [-0.25, -0.2) is 4.79 Å². The van der Waals surface area contributed by atoms with E-state index in [9.17, 15) is 4.79 Å². The fourth-order valence-electron chi connectivity index (χ4n) is 1.78. The maximum absolute atomic E-state index is 11.5. The van der Waals surface area contributed by atoms with Crippen molar-refractivity contribution >= 4 is 5.97 Å². The van der Waals surface area contributed by atoms with E-state index in [4.69, 9.17) is 14.2 Å². The Morgan fingerprint density at radius 1 is 1.25 bits per heavy atom. The summed E-state index contributed by atoms with van der Waals surface area (Å²) in [7, 11) is 1.34. The maximum atomic E-state index is 11.5. The van der Waals surface area contributed by atoms with Crippen molar-refractivity contribution in [2.24, 2.45) is 0 Å². The molecule has 1 aliphatic rings. The van der Waals surface area contributed by atoms with Crippen LogP contribution in [0.1, 0.15) is 18.6 Å². The van der Waals surface area contributed by atoms with E-state index < -0.39 is 18.4 Å². The second kappa shape index (κ2) is 4.63. The molecule has 1 aromatic rings. The molecule has 1 unspecified atom stereocenters. The lowest BCUT2D eigenvalue weighted by atomic mass is 10.0. The fourth-order valence-corrected chi connectivity index (χ4v) is 1.78. The maximum Gasteiger partial charge on any atom is 0.338 e. The quantitative estimate of drug-likeness (QED) is 0.714. The number of hydrogen-bond donors (Lipinski definition) is 0. The number of ether oxygens (including phenoxy) is 3. The van der Waals surface area contributed by atoms with Crippen molar-refractivity contribution in [2.75, 3.05) is 7.11 Å². The van der Waals surface area contributed by atoms with Crippen molar-refractivity contribution in [3.05, 3.63) is 35.9 Å². The second-order valence-corrected chi connectivity index (χ2v) is 3.61. The molecule has 0 amide bonds. The summed E-state index contributed by atoms with van der Waals surface area (Å²) in [5.74, 6) is -0.404. The van der Waals surface area contributed by atoms with Crippen molar-refractivity contribution in [2.45, 2.75) is 25.4 Å². The smallest absolute Gasteiger partial charge is 0.338 e. The first-order chi connectivity index (χ1) is 7.72. The zero-order valence-corrected chi connectivity index (χ0v) is 9.25. The van der Waals surface area contributed by atoms with Crippen LogP contribution in [0.3, 0.4) is 0 Å². The molecular weight excluding hydrogens is 208 g/mol. The summed E-state index contributed by atoms with van der Waals surface area (Å²) in [6, 6.07) is 9.52. The van der Waals surface area contributed by atoms with Crippen molar-refractivity contribution in [3.8, 4) is 0 Å². The predicted octanol–water partition coefficient (Wildman–Crippen LogP) is 1.66. The molecule has 4 nitrogen and oxygen atoms in total. The van der Waals surface area contributed by atoms with Crippen LogP contribution in [0.5, 0.6) is 0 Å². The molecule has 0 bridgehead atoms. The van der Waals surface area contributed by atoms with Gasteiger partial charge in [0.1, 0.15) is 6.10 Å². The van der Waals surface area contributed by atoms with Gasteiger partial charge in [-0.05, 0) is 12.5 Å². The molecule has 0 N–H and O–H groups in total. The molecule has 1 aromatic carbocycles. The molecule has 1 aliphatic heterocycles. The average molecular weight is 222 g/mol. The molecule has 0 aromatic heterocycles. The summed E-state index contributed by atoms with van der Waals surface area (Å²) in [5, 5.41) is 0. The van der Waals surface area contributed by atoms with Gasteiger partial charge in [-0.2, -0.15) is 0 Å². The van der Waals surface area contributed by atoms with Crippen molar-refractivity contribution in [1.29, 1.82) is 0 Å². The van der Waals surface area contributed by atoms with Gasteiger partial charge in [0.25, 0.3) is 0 Å². The van der Waals surface area contributed by atoms with Crippen LogP contribution < -0.4 is 0 Å². The van der Waals surface area contributed by atoms with Gasteiger partial charge in [0.15, 0.2) is 12.4 Å². The highest BCUT2D eigenvalue weighted by atomic mass is 16.7. The lowest BCUT2D eigenvalue weighted by Gasteiger charge is -2.14. The first-order valence-electron chi connectivity index (χ1n) is 5.16. The number of esters is 1. The fraction of sp³-hybridized carbons (Fsp3) is 0.417. The first kappa shape index (κ1) is 11.1. The van der Waals surface area contributed by atoms with Crippen LogP contribution in [-0.2, 0) is 19.0 Å². The number of benzene rings is 1. The number of methoxy groups -OCH3 is 1. The Kier molecular flexibility index (Phi) is 3.22. The van der Waals surface area contributed by atoms with E-state index in [1.807, 2.05) is 30.3 Å². The summed E-state index contributed by atoms with van der Waals surface area (Å²) >= 11 is 0. The number of hydrogen-bond acceptors (Lipinski definition) is 4. The summed E-state index contributed by atoms with van der Waals surface area (Å²) in [6.07, 6.45) is -1.46. The predicted molar refractivity (Wildman–Crippen MR) is 56.6 cm³/mol. The molecule has 3 atom stereocenters. The molecule has 1 fully saturated rings. The van der Waals surface area contributed by atoms with Crippen LogP contribution in [0.15, 0.2) is 30.3 Å². The number of carbonyl (C=O) groups excluding carboxylic acids is 1. The van der Waals surface area contributed by atoms with Crippen LogP contribution in [0.25, 0.3) is 0 Å². The van der Waals surface area contributed by atoms with Crippen LogP contribution in [0.4, 0.5) is 0 Å². The second-order valence-electron chi connectivity index (χ2n) is 3.61. The van der Waals surface area contributed by atoms with Gasteiger partial charge in [0.2, 0.25) is 0 Å². The summed E-state index contributed by atoms with van der Waals surface area (Å²) in [4.78, 5) is 11.5. The largest absolute Gasteiger partial charge is 0.467 e. The van der Waals surface area contributed by atoms with Gasteiger partial charge < -0.3 is 14.2 Å². The van der Waals surface area contributed by atoms with Gasteiger partial charge in [0.05, 0.1) is 7.11 Å². The molecule has 0 saturated carbocycles. The topological polar surface area (TPSA) is 44.8 Å². The number of carbonyl (C=O) groups is 1. The van der Waals surface area contributed by atoms with Gasteiger partial charge in [-0.15, -0.1) is 0 Å². The molecule has 16 heavy (non-hydrogen) atoms. The van der Waals surface area contributed by atoms with E-state index in [-0.39, 0.29) is 6.10 Å². The first-order valence-corrected chi connectivity index (χ1v) is 5.16. The van der Waals surface area contributed by atoms with Crippen LogP contribution >= 0.6 is 0 Å². The van der Waals surface area contributed by atoms with Crippen LogP contribution in [0.2, 0.25) is 0 Å². The third-order valence-electron chi connectivity index (χ3n) is 2.51. The molecule has 1 heterocycles. The summed E-state index contributed by atoms with van der Waals surface area (Å²) < 4.78 is 15.6. The van der Waals surface area contributed by atoms with Gasteiger partial charge in [-0.1, -0.05) is 30.3 Å². The zero-order valence-electron chi connectivity index (χ0n) is 9.25. The SMILES string of the molecule is COC(=O)[C@@H]1OC(C)O[C@H]1c1ccccc1. The lowest BCUT2D eigenvalue weighted by Crippen LogP contribution is -2.27. The molecule has 2 rings (SSSR count). The van der Waals surface area contributed by atoms with Gasteiger partial charge >= 0.3 is 5.97 Å². The molecular formula is C12H14O4. The van der Waals surface area contributed by atoms with Crippen molar-refractivity contribution in [3.63, 3.8) is 0 Å². The van der Waals surface area contributed by atoms with Crippen LogP contribution in [0, 0.1) is 0 Å². The summed E-state index contributed by atoms with van der Waals surface area (Å²) in [6.45, 7) is 1.76. The highest BCUT2D eigenvalue weighted by Crippen LogP contribution is 2.32. The standard InChI is InChI=1S/C12H14O4/c1-8-15-10(9-6-4-3-5-7-9)11(16-8)12(13)14-2/h3-8,10-11H,1-2H3/t8?,10-,11+/m0/s1. The van der Waals surface area contributed by atoms with E-state index >= 15 is 0 Å². The normalized spacial score (nSPS) is 29.0. The Balaban J connectivity index is 2.22. The molecule has 0 spiro atoms. The van der Waals surface area contributed by atoms with E-state index in [0.29, 0.717) is 0 Å². The van der Waals surface area contributed by atoms with Crippen molar-refractivity contribution in [1.82, 2.24) is 0 Å². The van der Waals surface area contributed by atoms with E-state index in [1.165, 1.54) is 7.11 Å². The Bertz CT molecular complexity index is 363. The zero-order chi connectivity index (χ0) is 11.5. The average Bonchev–Trinajstić information content (AvgIpc) is 2.71. The highest BCUT2D eigenvalue weighted by Gasteiger charge is 2.40. The number of rotatable bonds is 2. The minimum Gasteiger partial charge on any atom is -0.467 e. The molecule has 4 heteroatoms.